The van der Waals surface area contributed by atoms with Crippen molar-refractivity contribution >= 4 is 6.09 Å². The smallest absolute Gasteiger partial charge is 0.410 e. The highest BCUT2D eigenvalue weighted by atomic mass is 16.6. The van der Waals surface area contributed by atoms with Crippen molar-refractivity contribution in [2.75, 3.05) is 6.54 Å². The number of amides is 1. The third kappa shape index (κ3) is 4.61. The van der Waals surface area contributed by atoms with Gasteiger partial charge in [0.25, 0.3) is 0 Å². The van der Waals surface area contributed by atoms with Crippen molar-refractivity contribution in [3.8, 4) is 0 Å². The number of carbonyl (C=O) groups is 1. The largest absolute Gasteiger partial charge is 0.445 e. The lowest BCUT2D eigenvalue weighted by molar-refractivity contribution is -0.0806. The van der Waals surface area contributed by atoms with E-state index in [9.17, 15) is 4.79 Å². The van der Waals surface area contributed by atoms with Gasteiger partial charge in [-0.05, 0) is 111 Å². The van der Waals surface area contributed by atoms with Gasteiger partial charge in [0.1, 0.15) is 6.61 Å². The van der Waals surface area contributed by atoms with Crippen LogP contribution in [0.15, 0.2) is 41.5 Å². The normalized spacial score (nSPS) is 45.5. The summed E-state index contributed by atoms with van der Waals surface area (Å²) in [6.45, 7) is 13.4. The molecule has 41 heavy (non-hydrogen) atoms. The van der Waals surface area contributed by atoms with Crippen LogP contribution in [0.2, 0.25) is 0 Å². The molecule has 1 aromatic carbocycles. The predicted molar refractivity (Wildman–Crippen MR) is 163 cm³/mol. The van der Waals surface area contributed by atoms with E-state index < -0.39 is 0 Å². The van der Waals surface area contributed by atoms with Gasteiger partial charge >= 0.3 is 6.09 Å². The molecule has 0 aromatic heterocycles. The van der Waals surface area contributed by atoms with Crippen LogP contribution in [0.5, 0.6) is 0 Å². The Morgan fingerprint density at radius 3 is 2.63 bits per heavy atom. The molecule has 2 saturated heterocycles. The molecule has 0 unspecified atom stereocenters. The molecule has 2 aliphatic heterocycles. The van der Waals surface area contributed by atoms with E-state index >= 15 is 0 Å². The number of nitrogens with zero attached hydrogens (tertiary/aromatic N) is 1. The van der Waals surface area contributed by atoms with E-state index in [0.29, 0.717) is 23.9 Å². The molecular formula is C37H53NO3. The molecule has 6 aliphatic rings. The van der Waals surface area contributed by atoms with Crippen LogP contribution in [0.1, 0.15) is 104 Å². The molecule has 1 amide bonds. The van der Waals surface area contributed by atoms with Crippen molar-refractivity contribution in [1.82, 2.24) is 4.90 Å². The number of hydrogen-bond acceptors (Lipinski definition) is 3. The van der Waals surface area contributed by atoms with Crippen LogP contribution in [0.4, 0.5) is 4.79 Å². The fourth-order valence-electron chi connectivity index (χ4n) is 11.3. The van der Waals surface area contributed by atoms with E-state index in [2.05, 4.69) is 39.5 Å². The van der Waals surface area contributed by atoms with Crippen LogP contribution in [-0.2, 0) is 16.1 Å². The van der Waals surface area contributed by atoms with E-state index in [4.69, 9.17) is 9.47 Å². The number of likely N-dealkylation sites (tertiary alicyclic amines) is 1. The highest BCUT2D eigenvalue weighted by molar-refractivity contribution is 5.68. The Labute approximate surface area is 248 Å². The summed E-state index contributed by atoms with van der Waals surface area (Å²) in [5.41, 5.74) is 4.88. The maximum absolute atomic E-state index is 13.5. The monoisotopic (exact) mass is 559 g/mol. The molecule has 3 saturated carbocycles. The second kappa shape index (κ2) is 10.4. The van der Waals surface area contributed by atoms with Gasteiger partial charge in [0.2, 0.25) is 0 Å². The van der Waals surface area contributed by atoms with Gasteiger partial charge in [-0.3, -0.25) is 0 Å². The summed E-state index contributed by atoms with van der Waals surface area (Å²) in [7, 11) is 0. The van der Waals surface area contributed by atoms with Crippen LogP contribution in [0.25, 0.3) is 0 Å². The van der Waals surface area contributed by atoms with E-state index in [1.54, 1.807) is 5.57 Å². The number of piperidine rings is 1. The van der Waals surface area contributed by atoms with E-state index in [-0.39, 0.29) is 23.8 Å². The maximum atomic E-state index is 13.5. The van der Waals surface area contributed by atoms with Gasteiger partial charge < -0.3 is 14.4 Å². The van der Waals surface area contributed by atoms with Crippen molar-refractivity contribution in [2.24, 2.45) is 46.8 Å². The summed E-state index contributed by atoms with van der Waals surface area (Å²) in [5.74, 6) is 5.09. The summed E-state index contributed by atoms with van der Waals surface area (Å²) in [6, 6.07) is 10.2. The molecule has 0 radical (unpaired) electrons. The molecule has 0 bridgehead atoms. The third-order valence-corrected chi connectivity index (χ3v) is 13.5. The van der Waals surface area contributed by atoms with E-state index in [0.717, 1.165) is 61.0 Å². The first kappa shape index (κ1) is 28.0. The van der Waals surface area contributed by atoms with Gasteiger partial charge in [-0.15, -0.1) is 0 Å². The zero-order chi connectivity index (χ0) is 28.5. The van der Waals surface area contributed by atoms with Crippen molar-refractivity contribution in [3.05, 3.63) is 47.0 Å². The predicted octanol–water partition coefficient (Wildman–Crippen LogP) is 8.80. The highest BCUT2D eigenvalue weighted by Crippen LogP contribution is 2.65. The Morgan fingerprint density at radius 1 is 1.02 bits per heavy atom. The molecule has 5 fully saturated rings. The van der Waals surface area contributed by atoms with Gasteiger partial charge in [0.15, 0.2) is 0 Å². The first-order valence-electron chi connectivity index (χ1n) is 17.0. The minimum atomic E-state index is -0.168. The zero-order valence-electron chi connectivity index (χ0n) is 26.2. The summed E-state index contributed by atoms with van der Waals surface area (Å²) in [6.07, 6.45) is 13.0. The molecule has 0 N–H and O–H groups in total. The lowest BCUT2D eigenvalue weighted by Gasteiger charge is -2.54. The molecule has 1 aromatic rings. The summed E-state index contributed by atoms with van der Waals surface area (Å²) in [4.78, 5) is 15.6. The van der Waals surface area contributed by atoms with E-state index in [1.165, 1.54) is 44.9 Å². The van der Waals surface area contributed by atoms with E-state index in [1.807, 2.05) is 35.9 Å². The van der Waals surface area contributed by atoms with Gasteiger partial charge in [-0.1, -0.05) is 75.6 Å². The minimum Gasteiger partial charge on any atom is -0.445 e. The van der Waals surface area contributed by atoms with Crippen molar-refractivity contribution < 1.29 is 14.3 Å². The van der Waals surface area contributed by atoms with Gasteiger partial charge in [0.05, 0.1) is 17.7 Å². The number of benzene rings is 1. The van der Waals surface area contributed by atoms with Crippen LogP contribution in [0.3, 0.4) is 0 Å². The Kier molecular flexibility index (Phi) is 7.11. The van der Waals surface area contributed by atoms with Crippen LogP contribution < -0.4 is 0 Å². The van der Waals surface area contributed by atoms with Gasteiger partial charge in [-0.2, -0.15) is 0 Å². The van der Waals surface area contributed by atoms with Crippen molar-refractivity contribution in [2.45, 2.75) is 123 Å². The quantitative estimate of drug-likeness (QED) is 0.340. The Hall–Kier alpha value is -1.81. The van der Waals surface area contributed by atoms with Crippen LogP contribution >= 0.6 is 0 Å². The Balaban J connectivity index is 1.11. The van der Waals surface area contributed by atoms with Gasteiger partial charge in [0, 0.05) is 12.5 Å². The first-order chi connectivity index (χ1) is 19.7. The Morgan fingerprint density at radius 2 is 1.83 bits per heavy atom. The summed E-state index contributed by atoms with van der Waals surface area (Å²) in [5, 5.41) is 0. The van der Waals surface area contributed by atoms with Crippen LogP contribution in [0, 0.1) is 46.8 Å². The molecule has 1 spiro atoms. The number of fused-ring (bicyclic) bond motifs is 6. The Bertz CT molecular complexity index is 1180. The number of hydrogen-bond donors (Lipinski definition) is 0. The fourth-order valence-corrected chi connectivity index (χ4v) is 11.3. The molecule has 11 atom stereocenters. The average molecular weight is 560 g/mol. The molecule has 2 heterocycles. The number of rotatable bonds is 2. The minimum absolute atomic E-state index is 0.108. The first-order valence-corrected chi connectivity index (χ1v) is 17.0. The highest BCUT2D eigenvalue weighted by Gasteiger charge is 2.60. The third-order valence-electron chi connectivity index (χ3n) is 13.5. The topological polar surface area (TPSA) is 38.8 Å². The molecule has 224 valence electrons. The second-order valence-electron chi connectivity index (χ2n) is 15.8. The SMILES string of the molecule is CC1=C2C[C@H]3[C@@H](CC[C@@H]4C[C@@H](C)CC[C@@]43C)[C@@H]2CC[C@@]2(C1)O[C@@H]1C[C@H](C)CN(C(=O)OCc3ccccc3)[C@H]1[C@H]2C. The molecule has 4 aliphatic carbocycles. The lowest BCUT2D eigenvalue weighted by Crippen LogP contribution is -2.54. The molecule has 7 rings (SSSR count). The standard InChI is InChI=1S/C37H53NO3/c1-23-13-15-36(5)28(17-23)11-12-30-29-14-16-37(20-25(3)31(29)19-32(30)36)26(4)34-33(41-37)18-24(2)21-38(34)35(39)40-22-27-9-7-6-8-10-27/h6-10,23-24,26,28-30,32-34H,11-22H2,1-5H3/t23-,24-,26+,28+,29-,30-,32-,33+,34-,36-,37-/m0/s1. The van der Waals surface area contributed by atoms with Crippen molar-refractivity contribution in [1.29, 1.82) is 0 Å². The molecular weight excluding hydrogens is 506 g/mol. The summed E-state index contributed by atoms with van der Waals surface area (Å²) < 4.78 is 13.1. The number of ether oxygens (including phenoxy) is 2. The molecule has 4 nitrogen and oxygen atoms in total. The maximum Gasteiger partial charge on any atom is 0.410 e. The van der Waals surface area contributed by atoms with Crippen LogP contribution in [-0.4, -0.2) is 35.3 Å². The number of carbonyl (C=O) groups excluding carboxylic acids is 1. The second-order valence-corrected chi connectivity index (χ2v) is 15.8. The van der Waals surface area contributed by atoms with Crippen molar-refractivity contribution in [3.63, 3.8) is 0 Å². The average Bonchev–Trinajstić information content (AvgIpc) is 3.42. The molecule has 4 heteroatoms. The number of allylic oxidation sites excluding steroid dienone is 1. The fraction of sp³-hybridized carbons (Fsp3) is 0.757. The summed E-state index contributed by atoms with van der Waals surface area (Å²) >= 11 is 0. The van der Waals surface area contributed by atoms with Gasteiger partial charge in [-0.25, -0.2) is 4.79 Å². The zero-order valence-corrected chi connectivity index (χ0v) is 26.2. The lowest BCUT2D eigenvalue weighted by atomic mass is 9.51.